The van der Waals surface area contributed by atoms with E-state index < -0.39 is 7.12 Å². The molecule has 0 bridgehead atoms. The van der Waals surface area contributed by atoms with Crippen LogP contribution >= 0.6 is 31.9 Å². The van der Waals surface area contributed by atoms with E-state index in [0.717, 1.165) is 17.2 Å². The SMILES string of the molecule is CCCC/C(Br)=C(\Br)CC.OB(O)c1ccc2ccccc2c1. The van der Waals surface area contributed by atoms with Crippen LogP contribution in [0, 0.1) is 0 Å². The van der Waals surface area contributed by atoms with Gasteiger partial charge >= 0.3 is 7.12 Å². The Kier molecular flexibility index (Phi) is 9.80. The van der Waals surface area contributed by atoms with E-state index in [1.165, 1.54) is 28.2 Å². The average Bonchev–Trinajstić information content (AvgIpc) is 2.58. The van der Waals surface area contributed by atoms with Crippen molar-refractivity contribution >= 4 is 55.2 Å². The summed E-state index contributed by atoms with van der Waals surface area (Å²) >= 11 is 7.04. The molecule has 23 heavy (non-hydrogen) atoms. The summed E-state index contributed by atoms with van der Waals surface area (Å²) in [6.07, 6.45) is 4.80. The van der Waals surface area contributed by atoms with Crippen molar-refractivity contribution in [1.29, 1.82) is 0 Å². The number of hydrogen-bond donors (Lipinski definition) is 2. The number of hydrogen-bond acceptors (Lipinski definition) is 2. The van der Waals surface area contributed by atoms with Crippen molar-refractivity contribution in [1.82, 2.24) is 0 Å². The second-order valence-corrected chi connectivity index (χ2v) is 7.16. The summed E-state index contributed by atoms with van der Waals surface area (Å²) in [5.74, 6) is 0. The molecule has 0 aliphatic carbocycles. The molecule has 0 amide bonds. The predicted molar refractivity (Wildman–Crippen MR) is 108 cm³/mol. The highest BCUT2D eigenvalue weighted by Crippen LogP contribution is 2.25. The van der Waals surface area contributed by atoms with Gasteiger partial charge in [-0.15, -0.1) is 0 Å². The summed E-state index contributed by atoms with van der Waals surface area (Å²) < 4.78 is 2.64. The predicted octanol–water partition coefficient (Wildman–Crippen LogP) is 5.11. The molecule has 124 valence electrons. The van der Waals surface area contributed by atoms with Crippen LogP contribution in [0.25, 0.3) is 10.8 Å². The smallest absolute Gasteiger partial charge is 0.423 e. The van der Waals surface area contributed by atoms with Crippen molar-refractivity contribution in [2.24, 2.45) is 0 Å². The molecule has 0 heterocycles. The molecule has 0 saturated carbocycles. The summed E-state index contributed by atoms with van der Waals surface area (Å²) in [6, 6.07) is 13.2. The van der Waals surface area contributed by atoms with Crippen molar-refractivity contribution < 1.29 is 10.0 Å². The molecule has 0 spiro atoms. The van der Waals surface area contributed by atoms with Gasteiger partial charge in [-0.1, -0.05) is 94.6 Å². The molecule has 2 nitrogen and oxygen atoms in total. The molecule has 0 aliphatic rings. The molecule has 0 aromatic heterocycles. The van der Waals surface area contributed by atoms with Crippen LogP contribution in [0.2, 0.25) is 0 Å². The third-order valence-electron chi connectivity index (χ3n) is 3.43. The second kappa shape index (κ2) is 11.0. The molecule has 0 atom stereocenters. The van der Waals surface area contributed by atoms with Gasteiger partial charge in [0.25, 0.3) is 0 Å². The van der Waals surface area contributed by atoms with E-state index in [1.54, 1.807) is 12.1 Å². The Bertz CT molecular complexity index is 642. The van der Waals surface area contributed by atoms with E-state index in [4.69, 9.17) is 10.0 Å². The maximum Gasteiger partial charge on any atom is 0.488 e. The minimum absolute atomic E-state index is 0.527. The van der Waals surface area contributed by atoms with Crippen molar-refractivity contribution in [2.45, 2.75) is 39.5 Å². The fourth-order valence-corrected chi connectivity index (χ4v) is 2.79. The number of rotatable bonds is 5. The fraction of sp³-hybridized carbons (Fsp3) is 0.333. The lowest BCUT2D eigenvalue weighted by Crippen LogP contribution is -2.29. The Morgan fingerprint density at radius 3 is 2.17 bits per heavy atom. The molecule has 2 N–H and O–H groups in total. The van der Waals surface area contributed by atoms with Gasteiger partial charge in [-0.3, -0.25) is 0 Å². The van der Waals surface area contributed by atoms with Gasteiger partial charge in [0.05, 0.1) is 0 Å². The first-order valence-corrected chi connectivity index (χ1v) is 9.46. The summed E-state index contributed by atoms with van der Waals surface area (Å²) in [6.45, 7) is 4.36. The third kappa shape index (κ3) is 7.21. The van der Waals surface area contributed by atoms with Crippen molar-refractivity contribution in [3.05, 3.63) is 51.4 Å². The Labute approximate surface area is 156 Å². The molecule has 0 fully saturated rings. The van der Waals surface area contributed by atoms with Crippen LogP contribution in [0.15, 0.2) is 51.4 Å². The second-order valence-electron chi connectivity index (χ2n) is 5.25. The van der Waals surface area contributed by atoms with Crippen LogP contribution in [0.4, 0.5) is 0 Å². The van der Waals surface area contributed by atoms with Crippen LogP contribution < -0.4 is 5.46 Å². The number of benzene rings is 2. The summed E-state index contributed by atoms with van der Waals surface area (Å²) in [7, 11) is -1.38. The van der Waals surface area contributed by atoms with Crippen molar-refractivity contribution in [3.63, 3.8) is 0 Å². The molecule has 2 rings (SSSR count). The van der Waals surface area contributed by atoms with E-state index in [9.17, 15) is 0 Å². The number of unbranched alkanes of at least 4 members (excludes halogenated alkanes) is 1. The Morgan fingerprint density at radius 2 is 1.61 bits per heavy atom. The van der Waals surface area contributed by atoms with Gasteiger partial charge in [0.1, 0.15) is 0 Å². The van der Waals surface area contributed by atoms with E-state index in [1.807, 2.05) is 30.3 Å². The normalized spacial score (nSPS) is 11.6. The zero-order valence-electron chi connectivity index (χ0n) is 13.6. The molecule has 5 heteroatoms. The van der Waals surface area contributed by atoms with Crippen LogP contribution in [-0.2, 0) is 0 Å². The first-order chi connectivity index (χ1) is 11.0. The monoisotopic (exact) mass is 440 g/mol. The Morgan fingerprint density at radius 1 is 0.957 bits per heavy atom. The molecular weight excluding hydrogens is 419 g/mol. The minimum atomic E-state index is -1.38. The standard InChI is InChI=1S/C10H9BO2.C8H14Br2/c12-11(13)10-6-5-8-3-1-2-4-9(8)7-10;1-3-5-6-8(10)7(9)4-2/h1-7,12-13H;3-6H2,1-2H3/b;8-7+. The van der Waals surface area contributed by atoms with Gasteiger partial charge in [0.15, 0.2) is 0 Å². The van der Waals surface area contributed by atoms with Crippen LogP contribution in [0.5, 0.6) is 0 Å². The van der Waals surface area contributed by atoms with Gasteiger partial charge < -0.3 is 10.0 Å². The molecule has 0 saturated heterocycles. The van der Waals surface area contributed by atoms with Crippen molar-refractivity contribution in [2.75, 3.05) is 0 Å². The number of fused-ring (bicyclic) bond motifs is 1. The van der Waals surface area contributed by atoms with E-state index in [0.29, 0.717) is 5.46 Å². The lowest BCUT2D eigenvalue weighted by Gasteiger charge is -2.01. The number of halogens is 2. The average molecular weight is 442 g/mol. The van der Waals surface area contributed by atoms with E-state index >= 15 is 0 Å². The molecular formula is C18H23BBr2O2. The van der Waals surface area contributed by atoms with Gasteiger partial charge in [-0.25, -0.2) is 0 Å². The molecule has 2 aromatic rings. The van der Waals surface area contributed by atoms with Crippen LogP contribution in [-0.4, -0.2) is 17.2 Å². The first-order valence-electron chi connectivity index (χ1n) is 7.87. The lowest BCUT2D eigenvalue weighted by atomic mass is 9.79. The summed E-state index contributed by atoms with van der Waals surface area (Å²) in [5.41, 5.74) is 0.527. The summed E-state index contributed by atoms with van der Waals surface area (Å²) in [5, 5.41) is 20.0. The van der Waals surface area contributed by atoms with Crippen LogP contribution in [0.3, 0.4) is 0 Å². The van der Waals surface area contributed by atoms with Gasteiger partial charge in [0.2, 0.25) is 0 Å². The van der Waals surface area contributed by atoms with Crippen molar-refractivity contribution in [3.8, 4) is 0 Å². The van der Waals surface area contributed by atoms with E-state index in [-0.39, 0.29) is 0 Å². The Hall–Kier alpha value is -0.615. The maximum absolute atomic E-state index is 8.94. The molecule has 0 aliphatic heterocycles. The largest absolute Gasteiger partial charge is 0.488 e. The fourth-order valence-electron chi connectivity index (χ4n) is 2.03. The highest BCUT2D eigenvalue weighted by atomic mass is 79.9. The Balaban J connectivity index is 0.000000241. The van der Waals surface area contributed by atoms with Gasteiger partial charge in [-0.05, 0) is 35.5 Å². The van der Waals surface area contributed by atoms with Crippen LogP contribution in [0.1, 0.15) is 39.5 Å². The highest BCUT2D eigenvalue weighted by Gasteiger charge is 2.10. The van der Waals surface area contributed by atoms with E-state index in [2.05, 4.69) is 45.7 Å². The number of allylic oxidation sites excluding steroid dienone is 2. The minimum Gasteiger partial charge on any atom is -0.423 e. The topological polar surface area (TPSA) is 40.5 Å². The third-order valence-corrected chi connectivity index (χ3v) is 5.87. The summed E-state index contributed by atoms with van der Waals surface area (Å²) in [4.78, 5) is 0. The zero-order valence-corrected chi connectivity index (χ0v) is 16.8. The molecule has 0 radical (unpaired) electrons. The van der Waals surface area contributed by atoms with Gasteiger partial charge in [0, 0.05) is 8.96 Å². The lowest BCUT2D eigenvalue weighted by molar-refractivity contribution is 0.426. The van der Waals surface area contributed by atoms with Gasteiger partial charge in [-0.2, -0.15) is 0 Å². The maximum atomic E-state index is 8.94. The zero-order chi connectivity index (χ0) is 17.2. The molecule has 2 aromatic carbocycles. The quantitative estimate of drug-likeness (QED) is 0.633. The molecule has 0 unspecified atom stereocenters. The first kappa shape index (κ1) is 20.4. The highest BCUT2D eigenvalue weighted by molar-refractivity contribution is 9.14.